The van der Waals surface area contributed by atoms with Gasteiger partial charge >= 0.3 is 5.97 Å². The van der Waals surface area contributed by atoms with E-state index in [-0.39, 0.29) is 19.1 Å². The molecule has 1 aliphatic heterocycles. The average Bonchev–Trinajstić information content (AvgIpc) is 2.46. The van der Waals surface area contributed by atoms with Gasteiger partial charge in [0.15, 0.2) is 6.61 Å². The van der Waals surface area contributed by atoms with Crippen molar-refractivity contribution in [1.29, 1.82) is 0 Å². The van der Waals surface area contributed by atoms with Gasteiger partial charge in [-0.05, 0) is 59.7 Å². The molecule has 6 heteroatoms. The molecule has 0 bridgehead atoms. The Hall–Kier alpha value is -1.31. The van der Waals surface area contributed by atoms with Crippen LogP contribution in [0.2, 0.25) is 0 Å². The maximum absolute atomic E-state index is 12.0. The van der Waals surface area contributed by atoms with E-state index in [1.807, 2.05) is 24.3 Å². The van der Waals surface area contributed by atoms with Crippen LogP contribution >= 0.6 is 22.6 Å². The molecule has 108 valence electrons. The van der Waals surface area contributed by atoms with Crippen LogP contribution in [0, 0.1) is 9.49 Å². The summed E-state index contributed by atoms with van der Waals surface area (Å²) in [6.45, 7) is 0.843. The van der Waals surface area contributed by atoms with Gasteiger partial charge in [-0.15, -0.1) is 0 Å². The fraction of sp³-hybridized carbons (Fsp3) is 0.429. The second-order valence-corrected chi connectivity index (χ2v) is 6.01. The standard InChI is InChI=1S/C14H16INO4/c15-11-3-5-12(6-4-11)20-9-13(17)16-7-1-2-10(8-16)14(18)19/h3-6,10H,1-2,7-9H2,(H,18,19)/t10-/m0/s1. The zero-order chi connectivity index (χ0) is 14.5. The molecular weight excluding hydrogens is 373 g/mol. The van der Waals surface area contributed by atoms with Crippen molar-refractivity contribution in [2.24, 2.45) is 5.92 Å². The molecule has 1 N–H and O–H groups in total. The number of benzene rings is 1. The third-order valence-corrected chi connectivity index (χ3v) is 4.02. The molecule has 1 aliphatic rings. The molecule has 0 radical (unpaired) electrons. The lowest BCUT2D eigenvalue weighted by Crippen LogP contribution is -2.44. The van der Waals surface area contributed by atoms with Gasteiger partial charge in [0.05, 0.1) is 5.92 Å². The maximum Gasteiger partial charge on any atom is 0.308 e. The number of halogens is 1. The van der Waals surface area contributed by atoms with E-state index in [4.69, 9.17) is 9.84 Å². The molecule has 0 unspecified atom stereocenters. The van der Waals surface area contributed by atoms with E-state index in [0.717, 1.165) is 9.99 Å². The third-order valence-electron chi connectivity index (χ3n) is 3.30. The Labute approximate surface area is 131 Å². The number of hydrogen-bond acceptors (Lipinski definition) is 3. The summed E-state index contributed by atoms with van der Waals surface area (Å²) in [7, 11) is 0. The second kappa shape index (κ2) is 6.92. The van der Waals surface area contributed by atoms with Crippen molar-refractivity contribution in [3.8, 4) is 5.75 Å². The summed E-state index contributed by atoms with van der Waals surface area (Å²) in [4.78, 5) is 24.6. The van der Waals surface area contributed by atoms with Gasteiger partial charge in [0.25, 0.3) is 5.91 Å². The van der Waals surface area contributed by atoms with Gasteiger partial charge in [-0.3, -0.25) is 9.59 Å². The van der Waals surface area contributed by atoms with Crippen LogP contribution in [-0.4, -0.2) is 41.6 Å². The van der Waals surface area contributed by atoms with E-state index >= 15 is 0 Å². The van der Waals surface area contributed by atoms with Crippen LogP contribution in [0.1, 0.15) is 12.8 Å². The number of nitrogens with zero attached hydrogens (tertiary/aromatic N) is 1. The highest BCUT2D eigenvalue weighted by molar-refractivity contribution is 14.1. The summed E-state index contributed by atoms with van der Waals surface area (Å²) in [5.74, 6) is -0.799. The number of carboxylic acids is 1. The Bertz CT molecular complexity index is 488. The minimum atomic E-state index is -0.832. The molecule has 0 aromatic heterocycles. The first-order valence-electron chi connectivity index (χ1n) is 6.45. The van der Waals surface area contributed by atoms with Crippen LogP contribution in [0.5, 0.6) is 5.75 Å². The molecule has 20 heavy (non-hydrogen) atoms. The van der Waals surface area contributed by atoms with E-state index in [1.165, 1.54) is 0 Å². The van der Waals surface area contributed by atoms with Crippen molar-refractivity contribution < 1.29 is 19.4 Å². The van der Waals surface area contributed by atoms with Crippen LogP contribution < -0.4 is 4.74 Å². The summed E-state index contributed by atoms with van der Waals surface area (Å²) in [5.41, 5.74) is 0. The first-order valence-corrected chi connectivity index (χ1v) is 7.53. The predicted molar refractivity (Wildman–Crippen MR) is 81.6 cm³/mol. The third kappa shape index (κ3) is 4.09. The highest BCUT2D eigenvalue weighted by atomic mass is 127. The molecule has 1 heterocycles. The minimum Gasteiger partial charge on any atom is -0.484 e. The Morgan fingerprint density at radius 1 is 1.35 bits per heavy atom. The summed E-state index contributed by atoms with van der Waals surface area (Å²) < 4.78 is 6.53. The van der Waals surface area contributed by atoms with Crippen molar-refractivity contribution in [2.45, 2.75) is 12.8 Å². The Morgan fingerprint density at radius 2 is 2.05 bits per heavy atom. The Morgan fingerprint density at radius 3 is 2.70 bits per heavy atom. The van der Waals surface area contributed by atoms with Crippen LogP contribution in [0.15, 0.2) is 24.3 Å². The van der Waals surface area contributed by atoms with Crippen LogP contribution in [0.3, 0.4) is 0 Å². The number of carbonyl (C=O) groups is 2. The predicted octanol–water partition coefficient (Wildman–Crippen LogP) is 1.99. The molecule has 1 aromatic carbocycles. The smallest absolute Gasteiger partial charge is 0.308 e. The Balaban J connectivity index is 1.85. The zero-order valence-electron chi connectivity index (χ0n) is 10.9. The van der Waals surface area contributed by atoms with Gasteiger partial charge in [-0.1, -0.05) is 0 Å². The highest BCUT2D eigenvalue weighted by Crippen LogP contribution is 2.17. The highest BCUT2D eigenvalue weighted by Gasteiger charge is 2.28. The van der Waals surface area contributed by atoms with E-state index in [9.17, 15) is 9.59 Å². The summed E-state index contributed by atoms with van der Waals surface area (Å²) >= 11 is 2.20. The number of piperidine rings is 1. The van der Waals surface area contributed by atoms with Crippen molar-refractivity contribution in [2.75, 3.05) is 19.7 Å². The van der Waals surface area contributed by atoms with E-state index in [0.29, 0.717) is 18.7 Å². The number of amides is 1. The number of hydrogen-bond donors (Lipinski definition) is 1. The molecule has 1 amide bonds. The molecule has 0 spiro atoms. The van der Waals surface area contributed by atoms with E-state index in [2.05, 4.69) is 22.6 Å². The van der Waals surface area contributed by atoms with E-state index in [1.54, 1.807) is 4.90 Å². The molecule has 0 saturated carbocycles. The molecule has 1 aromatic rings. The quantitative estimate of drug-likeness (QED) is 0.801. The summed E-state index contributed by atoms with van der Waals surface area (Å²) in [6.07, 6.45) is 1.36. The van der Waals surface area contributed by atoms with Crippen molar-refractivity contribution in [1.82, 2.24) is 4.90 Å². The molecule has 1 atom stereocenters. The lowest BCUT2D eigenvalue weighted by molar-refractivity contribution is -0.146. The normalized spacial score (nSPS) is 18.6. The van der Waals surface area contributed by atoms with Gasteiger partial charge in [0.1, 0.15) is 5.75 Å². The monoisotopic (exact) mass is 389 g/mol. The SMILES string of the molecule is O=C(O)[C@H]1CCCN(C(=O)COc2ccc(I)cc2)C1. The zero-order valence-corrected chi connectivity index (χ0v) is 13.1. The van der Waals surface area contributed by atoms with Crippen molar-refractivity contribution in [3.63, 3.8) is 0 Å². The number of carbonyl (C=O) groups excluding carboxylic acids is 1. The van der Waals surface area contributed by atoms with Gasteiger partial charge in [0, 0.05) is 16.7 Å². The van der Waals surface area contributed by atoms with Crippen molar-refractivity contribution >= 4 is 34.5 Å². The lowest BCUT2D eigenvalue weighted by atomic mass is 9.98. The van der Waals surface area contributed by atoms with Crippen LogP contribution in [-0.2, 0) is 9.59 Å². The lowest BCUT2D eigenvalue weighted by Gasteiger charge is -2.30. The number of ether oxygens (including phenoxy) is 1. The molecule has 1 saturated heterocycles. The molecule has 1 fully saturated rings. The topological polar surface area (TPSA) is 66.8 Å². The number of rotatable bonds is 4. The fourth-order valence-corrected chi connectivity index (χ4v) is 2.53. The van der Waals surface area contributed by atoms with Gasteiger partial charge < -0.3 is 14.7 Å². The van der Waals surface area contributed by atoms with Crippen LogP contribution in [0.25, 0.3) is 0 Å². The number of likely N-dealkylation sites (tertiary alicyclic amines) is 1. The minimum absolute atomic E-state index is 0.0487. The van der Waals surface area contributed by atoms with Gasteiger partial charge in [0.2, 0.25) is 0 Å². The largest absolute Gasteiger partial charge is 0.484 e. The number of carboxylic acid groups (broad SMARTS) is 1. The fourth-order valence-electron chi connectivity index (χ4n) is 2.17. The summed E-state index contributed by atoms with van der Waals surface area (Å²) in [6, 6.07) is 7.43. The molecule has 5 nitrogen and oxygen atoms in total. The molecular formula is C14H16INO4. The summed E-state index contributed by atoms with van der Waals surface area (Å²) in [5, 5.41) is 9.00. The average molecular weight is 389 g/mol. The van der Waals surface area contributed by atoms with Gasteiger partial charge in [-0.2, -0.15) is 0 Å². The first kappa shape index (κ1) is 15.1. The molecule has 0 aliphatic carbocycles. The second-order valence-electron chi connectivity index (χ2n) is 4.76. The van der Waals surface area contributed by atoms with Crippen molar-refractivity contribution in [3.05, 3.63) is 27.8 Å². The Kier molecular flexibility index (Phi) is 5.22. The maximum atomic E-state index is 12.0. The molecule has 2 rings (SSSR count). The first-order chi connectivity index (χ1) is 9.56. The van der Waals surface area contributed by atoms with E-state index < -0.39 is 11.9 Å². The van der Waals surface area contributed by atoms with Crippen LogP contribution in [0.4, 0.5) is 0 Å². The van der Waals surface area contributed by atoms with Gasteiger partial charge in [-0.25, -0.2) is 0 Å². The number of aliphatic carboxylic acids is 1.